The van der Waals surface area contributed by atoms with E-state index in [-0.39, 0.29) is 0 Å². The number of hydrogen-bond acceptors (Lipinski definition) is 1. The lowest BCUT2D eigenvalue weighted by Gasteiger charge is -2.42. The standard InChI is InChI=1S/C24H44O/c1-15(2)19-9-7-17(5)13-21(19)23-11-12-24(25-23)22-14-18(6)8-10-20(22)16(3)4/h15-24H,7-14H2,1-6H3. The monoisotopic (exact) mass is 348 g/mol. The molecule has 3 rings (SSSR count). The third-order valence-electron chi connectivity index (χ3n) is 8.19. The van der Waals surface area contributed by atoms with E-state index in [9.17, 15) is 0 Å². The van der Waals surface area contributed by atoms with Crippen LogP contribution in [-0.2, 0) is 4.74 Å². The van der Waals surface area contributed by atoms with E-state index in [4.69, 9.17) is 4.74 Å². The fourth-order valence-corrected chi connectivity index (χ4v) is 6.73. The van der Waals surface area contributed by atoms with Crippen molar-refractivity contribution in [2.45, 2.75) is 105 Å². The molecule has 0 amide bonds. The molecule has 0 spiro atoms. The van der Waals surface area contributed by atoms with Crippen LogP contribution in [0.3, 0.4) is 0 Å². The minimum absolute atomic E-state index is 0.560. The summed E-state index contributed by atoms with van der Waals surface area (Å²) in [6.07, 6.45) is 12.4. The van der Waals surface area contributed by atoms with Crippen LogP contribution in [0.25, 0.3) is 0 Å². The highest BCUT2D eigenvalue weighted by atomic mass is 16.5. The molecule has 0 radical (unpaired) electrons. The Hall–Kier alpha value is -0.0400. The molecule has 1 heteroatoms. The van der Waals surface area contributed by atoms with Gasteiger partial charge in [0.05, 0.1) is 12.2 Å². The smallest absolute Gasteiger partial charge is 0.0611 e. The molecule has 3 fully saturated rings. The third-order valence-corrected chi connectivity index (χ3v) is 8.19. The van der Waals surface area contributed by atoms with E-state index in [1.54, 1.807) is 0 Å². The van der Waals surface area contributed by atoms with Crippen LogP contribution in [-0.4, -0.2) is 12.2 Å². The summed E-state index contributed by atoms with van der Waals surface area (Å²) >= 11 is 0. The van der Waals surface area contributed by atoms with Gasteiger partial charge in [-0.2, -0.15) is 0 Å². The Kier molecular flexibility index (Phi) is 6.56. The summed E-state index contributed by atoms with van der Waals surface area (Å²) in [7, 11) is 0. The first-order valence-corrected chi connectivity index (χ1v) is 11.5. The van der Waals surface area contributed by atoms with Crippen LogP contribution < -0.4 is 0 Å². The average molecular weight is 349 g/mol. The Morgan fingerprint density at radius 1 is 0.600 bits per heavy atom. The summed E-state index contributed by atoms with van der Waals surface area (Å²) in [5.74, 6) is 6.88. The molecular formula is C24H44O. The van der Waals surface area contributed by atoms with Gasteiger partial charge in [0.15, 0.2) is 0 Å². The molecule has 8 atom stereocenters. The van der Waals surface area contributed by atoms with E-state index in [2.05, 4.69) is 41.5 Å². The molecule has 0 aromatic carbocycles. The van der Waals surface area contributed by atoms with Gasteiger partial charge in [-0.15, -0.1) is 0 Å². The zero-order valence-corrected chi connectivity index (χ0v) is 17.8. The van der Waals surface area contributed by atoms with Crippen molar-refractivity contribution >= 4 is 0 Å². The zero-order valence-electron chi connectivity index (χ0n) is 17.8. The van der Waals surface area contributed by atoms with Gasteiger partial charge in [-0.3, -0.25) is 0 Å². The summed E-state index contributed by atoms with van der Waals surface area (Å²) in [5.41, 5.74) is 0. The lowest BCUT2D eigenvalue weighted by atomic mass is 9.67. The topological polar surface area (TPSA) is 9.23 Å². The van der Waals surface area contributed by atoms with Gasteiger partial charge in [0.1, 0.15) is 0 Å². The van der Waals surface area contributed by atoms with Crippen molar-refractivity contribution in [3.63, 3.8) is 0 Å². The van der Waals surface area contributed by atoms with E-state index < -0.39 is 0 Å². The summed E-state index contributed by atoms with van der Waals surface area (Å²) < 4.78 is 6.90. The second-order valence-electron chi connectivity index (χ2n) is 10.8. The molecule has 1 heterocycles. The summed E-state index contributed by atoms with van der Waals surface area (Å²) in [5, 5.41) is 0. The van der Waals surface area contributed by atoms with Crippen LogP contribution in [0.1, 0.15) is 92.9 Å². The molecule has 0 aromatic rings. The van der Waals surface area contributed by atoms with Crippen molar-refractivity contribution in [2.24, 2.45) is 47.3 Å². The summed E-state index contributed by atoms with van der Waals surface area (Å²) in [4.78, 5) is 0. The van der Waals surface area contributed by atoms with E-state index in [0.717, 1.165) is 47.3 Å². The van der Waals surface area contributed by atoms with Crippen molar-refractivity contribution in [1.29, 1.82) is 0 Å². The van der Waals surface area contributed by atoms with Crippen molar-refractivity contribution in [3.8, 4) is 0 Å². The highest BCUT2D eigenvalue weighted by molar-refractivity contribution is 4.93. The molecule has 1 aliphatic heterocycles. The summed E-state index contributed by atoms with van der Waals surface area (Å²) in [6, 6.07) is 0. The van der Waals surface area contributed by atoms with Gasteiger partial charge in [0.25, 0.3) is 0 Å². The van der Waals surface area contributed by atoms with E-state index in [1.165, 1.54) is 51.4 Å². The minimum Gasteiger partial charge on any atom is -0.374 e. The third kappa shape index (κ3) is 4.45. The lowest BCUT2D eigenvalue weighted by Crippen LogP contribution is -2.39. The second-order valence-corrected chi connectivity index (χ2v) is 10.8. The number of rotatable bonds is 4. The first-order valence-electron chi connectivity index (χ1n) is 11.5. The Balaban J connectivity index is 1.67. The molecule has 0 N–H and O–H groups in total. The van der Waals surface area contributed by atoms with E-state index in [1.807, 2.05) is 0 Å². The second kappa shape index (κ2) is 8.32. The Morgan fingerprint density at radius 3 is 1.36 bits per heavy atom. The van der Waals surface area contributed by atoms with Crippen LogP contribution in [0.2, 0.25) is 0 Å². The van der Waals surface area contributed by atoms with Crippen molar-refractivity contribution in [3.05, 3.63) is 0 Å². The fourth-order valence-electron chi connectivity index (χ4n) is 6.73. The quantitative estimate of drug-likeness (QED) is 0.534. The molecule has 3 aliphatic rings. The predicted octanol–water partition coefficient (Wildman–Crippen LogP) is 6.95. The van der Waals surface area contributed by atoms with Crippen LogP contribution in [0.5, 0.6) is 0 Å². The molecule has 8 unspecified atom stereocenters. The van der Waals surface area contributed by atoms with Gasteiger partial charge in [0, 0.05) is 0 Å². The van der Waals surface area contributed by atoms with Crippen molar-refractivity contribution < 1.29 is 4.74 Å². The first-order chi connectivity index (χ1) is 11.9. The Bertz CT molecular complexity index is 376. The molecule has 146 valence electrons. The van der Waals surface area contributed by atoms with Crippen LogP contribution in [0.15, 0.2) is 0 Å². The lowest BCUT2D eigenvalue weighted by molar-refractivity contribution is -0.0755. The Labute approximate surface area is 157 Å². The normalized spacial score (nSPS) is 46.1. The maximum atomic E-state index is 6.90. The van der Waals surface area contributed by atoms with Gasteiger partial charge in [0.2, 0.25) is 0 Å². The SMILES string of the molecule is CC1CCC(C(C)C)C(C2CCC(C3CC(C)CCC3C(C)C)O2)C1. The van der Waals surface area contributed by atoms with E-state index in [0.29, 0.717) is 12.2 Å². The van der Waals surface area contributed by atoms with Gasteiger partial charge in [-0.05, 0) is 85.9 Å². The maximum Gasteiger partial charge on any atom is 0.0611 e. The molecule has 1 nitrogen and oxygen atoms in total. The molecular weight excluding hydrogens is 304 g/mol. The molecule has 25 heavy (non-hydrogen) atoms. The molecule has 0 bridgehead atoms. The minimum atomic E-state index is 0.560. The van der Waals surface area contributed by atoms with Crippen LogP contribution >= 0.6 is 0 Å². The first kappa shape index (κ1) is 19.7. The van der Waals surface area contributed by atoms with Crippen LogP contribution in [0.4, 0.5) is 0 Å². The molecule has 2 saturated carbocycles. The predicted molar refractivity (Wildman–Crippen MR) is 108 cm³/mol. The summed E-state index contributed by atoms with van der Waals surface area (Å²) in [6.45, 7) is 14.7. The maximum absolute atomic E-state index is 6.90. The molecule has 2 aliphatic carbocycles. The number of hydrogen-bond donors (Lipinski definition) is 0. The van der Waals surface area contributed by atoms with Crippen molar-refractivity contribution in [2.75, 3.05) is 0 Å². The largest absolute Gasteiger partial charge is 0.374 e. The van der Waals surface area contributed by atoms with Gasteiger partial charge >= 0.3 is 0 Å². The fraction of sp³-hybridized carbons (Fsp3) is 1.00. The van der Waals surface area contributed by atoms with Crippen LogP contribution in [0, 0.1) is 47.3 Å². The molecule has 1 saturated heterocycles. The van der Waals surface area contributed by atoms with Crippen molar-refractivity contribution in [1.82, 2.24) is 0 Å². The Morgan fingerprint density at radius 2 is 1.00 bits per heavy atom. The van der Waals surface area contributed by atoms with E-state index >= 15 is 0 Å². The number of ether oxygens (including phenoxy) is 1. The zero-order chi connectivity index (χ0) is 18.1. The average Bonchev–Trinajstić information content (AvgIpc) is 3.03. The molecule has 0 aromatic heterocycles. The highest BCUT2D eigenvalue weighted by Crippen LogP contribution is 2.48. The highest BCUT2D eigenvalue weighted by Gasteiger charge is 2.44. The van der Waals surface area contributed by atoms with Gasteiger partial charge < -0.3 is 4.74 Å². The van der Waals surface area contributed by atoms with Gasteiger partial charge in [-0.25, -0.2) is 0 Å². The van der Waals surface area contributed by atoms with Gasteiger partial charge in [-0.1, -0.05) is 54.4 Å².